The SMILES string of the molecule is CCc1nn(C)cc1CN1CCNCC12CCCCC2. The number of nitrogens with one attached hydrogen (secondary N) is 1. The second kappa shape index (κ2) is 5.86. The molecule has 2 aliphatic rings. The standard InChI is InChI=1S/C16H28N4/c1-3-15-14(11-19(2)18-15)12-20-10-9-17-13-16(20)7-5-4-6-8-16/h11,17H,3-10,12-13H2,1-2H3. The van der Waals surface area contributed by atoms with Crippen molar-refractivity contribution in [1.82, 2.24) is 20.0 Å². The van der Waals surface area contributed by atoms with Gasteiger partial charge in [0, 0.05) is 50.5 Å². The molecule has 1 aromatic heterocycles. The van der Waals surface area contributed by atoms with Gasteiger partial charge < -0.3 is 5.32 Å². The van der Waals surface area contributed by atoms with E-state index in [4.69, 9.17) is 0 Å². The van der Waals surface area contributed by atoms with Gasteiger partial charge in [0.1, 0.15) is 0 Å². The van der Waals surface area contributed by atoms with Crippen LogP contribution in [0.15, 0.2) is 6.20 Å². The predicted octanol–water partition coefficient (Wildman–Crippen LogP) is 2.09. The largest absolute Gasteiger partial charge is 0.314 e. The van der Waals surface area contributed by atoms with Crippen molar-refractivity contribution in [3.8, 4) is 0 Å². The first-order valence-corrected chi connectivity index (χ1v) is 8.21. The molecule has 20 heavy (non-hydrogen) atoms. The highest BCUT2D eigenvalue weighted by molar-refractivity contribution is 5.18. The summed E-state index contributed by atoms with van der Waals surface area (Å²) in [6, 6.07) is 0. The third-order valence-corrected chi connectivity index (χ3v) is 5.16. The summed E-state index contributed by atoms with van der Waals surface area (Å²) in [5.74, 6) is 0. The monoisotopic (exact) mass is 276 g/mol. The molecule has 1 aromatic rings. The zero-order valence-corrected chi connectivity index (χ0v) is 13.0. The molecule has 112 valence electrons. The summed E-state index contributed by atoms with van der Waals surface area (Å²) < 4.78 is 1.98. The molecule has 0 unspecified atom stereocenters. The quantitative estimate of drug-likeness (QED) is 0.917. The summed E-state index contributed by atoms with van der Waals surface area (Å²) >= 11 is 0. The predicted molar refractivity (Wildman–Crippen MR) is 81.7 cm³/mol. The Morgan fingerprint density at radius 1 is 1.30 bits per heavy atom. The van der Waals surface area contributed by atoms with E-state index in [2.05, 4.69) is 28.4 Å². The molecule has 0 atom stereocenters. The summed E-state index contributed by atoms with van der Waals surface area (Å²) in [6.45, 7) is 6.77. The van der Waals surface area contributed by atoms with E-state index < -0.39 is 0 Å². The number of rotatable bonds is 3. The molecule has 2 fully saturated rings. The van der Waals surface area contributed by atoms with Crippen molar-refractivity contribution in [3.63, 3.8) is 0 Å². The molecule has 1 aliphatic carbocycles. The lowest BCUT2D eigenvalue weighted by Gasteiger charge is -2.50. The number of aromatic nitrogens is 2. The Labute approximate surface area is 122 Å². The van der Waals surface area contributed by atoms with E-state index in [0.717, 1.165) is 19.5 Å². The van der Waals surface area contributed by atoms with Crippen molar-refractivity contribution in [2.45, 2.75) is 57.5 Å². The Morgan fingerprint density at radius 2 is 2.10 bits per heavy atom. The average Bonchev–Trinajstić information content (AvgIpc) is 2.83. The molecule has 4 nitrogen and oxygen atoms in total. The highest BCUT2D eigenvalue weighted by atomic mass is 15.3. The van der Waals surface area contributed by atoms with Crippen LogP contribution >= 0.6 is 0 Å². The maximum atomic E-state index is 4.60. The van der Waals surface area contributed by atoms with Gasteiger partial charge >= 0.3 is 0 Å². The maximum Gasteiger partial charge on any atom is 0.0666 e. The molecule has 1 spiro atoms. The van der Waals surface area contributed by atoms with Gasteiger partial charge in [0.2, 0.25) is 0 Å². The molecule has 1 saturated carbocycles. The molecular weight excluding hydrogens is 248 g/mol. The van der Waals surface area contributed by atoms with Gasteiger partial charge in [-0.05, 0) is 19.3 Å². The third kappa shape index (κ3) is 2.63. The normalized spacial score (nSPS) is 23.3. The Bertz CT molecular complexity index is 437. The van der Waals surface area contributed by atoms with Crippen LogP contribution < -0.4 is 5.32 Å². The van der Waals surface area contributed by atoms with Crippen LogP contribution in [0.4, 0.5) is 0 Å². The molecule has 4 heteroatoms. The highest BCUT2D eigenvalue weighted by Crippen LogP contribution is 2.35. The molecule has 0 amide bonds. The van der Waals surface area contributed by atoms with Crippen LogP contribution in [0.2, 0.25) is 0 Å². The first kappa shape index (κ1) is 14.1. The summed E-state index contributed by atoms with van der Waals surface area (Å²) in [5, 5.41) is 8.23. The smallest absolute Gasteiger partial charge is 0.0666 e. The van der Waals surface area contributed by atoms with E-state index in [1.807, 2.05) is 11.7 Å². The zero-order chi connectivity index (χ0) is 14.0. The summed E-state index contributed by atoms with van der Waals surface area (Å²) in [4.78, 5) is 2.75. The minimum Gasteiger partial charge on any atom is -0.314 e. The van der Waals surface area contributed by atoms with Gasteiger partial charge in [0.05, 0.1) is 5.69 Å². The van der Waals surface area contributed by atoms with Crippen LogP contribution in [0.25, 0.3) is 0 Å². The lowest BCUT2D eigenvalue weighted by atomic mass is 9.79. The van der Waals surface area contributed by atoms with Crippen LogP contribution in [0.3, 0.4) is 0 Å². The van der Waals surface area contributed by atoms with Gasteiger partial charge in [-0.2, -0.15) is 5.10 Å². The lowest BCUT2D eigenvalue weighted by Crippen LogP contribution is -2.61. The second-order valence-electron chi connectivity index (χ2n) is 6.51. The van der Waals surface area contributed by atoms with Crippen molar-refractivity contribution in [2.75, 3.05) is 19.6 Å². The van der Waals surface area contributed by atoms with Crippen LogP contribution in [-0.2, 0) is 20.0 Å². The molecule has 0 aromatic carbocycles. The van der Waals surface area contributed by atoms with Crippen molar-refractivity contribution in [3.05, 3.63) is 17.5 Å². The first-order valence-electron chi connectivity index (χ1n) is 8.21. The topological polar surface area (TPSA) is 33.1 Å². The van der Waals surface area contributed by atoms with Crippen LogP contribution in [-0.4, -0.2) is 39.9 Å². The number of aryl methyl sites for hydroxylation is 2. The minimum atomic E-state index is 0.414. The molecule has 2 heterocycles. The molecular formula is C16H28N4. The van der Waals surface area contributed by atoms with Gasteiger partial charge in [-0.25, -0.2) is 0 Å². The average molecular weight is 276 g/mol. The molecule has 1 aliphatic heterocycles. The number of nitrogens with zero attached hydrogens (tertiary/aromatic N) is 3. The van der Waals surface area contributed by atoms with E-state index >= 15 is 0 Å². The minimum absolute atomic E-state index is 0.414. The second-order valence-corrected chi connectivity index (χ2v) is 6.51. The van der Waals surface area contributed by atoms with E-state index in [1.54, 1.807) is 0 Å². The summed E-state index contributed by atoms with van der Waals surface area (Å²) in [7, 11) is 2.04. The first-order chi connectivity index (χ1) is 9.73. The van der Waals surface area contributed by atoms with Crippen molar-refractivity contribution in [2.24, 2.45) is 7.05 Å². The molecule has 0 radical (unpaired) electrons. The van der Waals surface area contributed by atoms with Gasteiger partial charge in [-0.1, -0.05) is 26.2 Å². The molecule has 0 bridgehead atoms. The fourth-order valence-electron chi connectivity index (χ4n) is 4.05. The number of piperazine rings is 1. The third-order valence-electron chi connectivity index (χ3n) is 5.16. The fraction of sp³-hybridized carbons (Fsp3) is 0.812. The fourth-order valence-corrected chi connectivity index (χ4v) is 4.05. The number of hydrogen-bond acceptors (Lipinski definition) is 3. The van der Waals surface area contributed by atoms with Crippen molar-refractivity contribution >= 4 is 0 Å². The summed E-state index contributed by atoms with van der Waals surface area (Å²) in [5.41, 5.74) is 3.12. The van der Waals surface area contributed by atoms with E-state index in [0.29, 0.717) is 5.54 Å². The summed E-state index contributed by atoms with van der Waals surface area (Å²) in [6.07, 6.45) is 10.2. The Hall–Kier alpha value is -0.870. The van der Waals surface area contributed by atoms with Crippen LogP contribution in [0, 0.1) is 0 Å². The maximum absolute atomic E-state index is 4.60. The van der Waals surface area contributed by atoms with E-state index in [9.17, 15) is 0 Å². The molecule has 1 N–H and O–H groups in total. The zero-order valence-electron chi connectivity index (χ0n) is 13.0. The Kier molecular flexibility index (Phi) is 4.13. The molecule has 3 rings (SSSR count). The van der Waals surface area contributed by atoms with Crippen LogP contribution in [0.1, 0.15) is 50.3 Å². The van der Waals surface area contributed by atoms with Crippen molar-refractivity contribution < 1.29 is 0 Å². The Morgan fingerprint density at radius 3 is 2.85 bits per heavy atom. The highest BCUT2D eigenvalue weighted by Gasteiger charge is 2.39. The van der Waals surface area contributed by atoms with Gasteiger partial charge in [0.15, 0.2) is 0 Å². The Balaban J connectivity index is 1.79. The molecule has 1 saturated heterocycles. The van der Waals surface area contributed by atoms with Gasteiger partial charge in [-0.15, -0.1) is 0 Å². The van der Waals surface area contributed by atoms with Gasteiger partial charge in [-0.3, -0.25) is 9.58 Å². The van der Waals surface area contributed by atoms with E-state index in [1.165, 1.54) is 56.5 Å². The lowest BCUT2D eigenvalue weighted by molar-refractivity contribution is 0.0207. The van der Waals surface area contributed by atoms with E-state index in [-0.39, 0.29) is 0 Å². The van der Waals surface area contributed by atoms with Crippen LogP contribution in [0.5, 0.6) is 0 Å². The van der Waals surface area contributed by atoms with Crippen molar-refractivity contribution in [1.29, 1.82) is 0 Å². The van der Waals surface area contributed by atoms with Gasteiger partial charge in [0.25, 0.3) is 0 Å². The number of hydrogen-bond donors (Lipinski definition) is 1.